The Bertz CT molecular complexity index is 230. The fourth-order valence-electron chi connectivity index (χ4n) is 1.23. The lowest BCUT2D eigenvalue weighted by atomic mass is 10.1. The molecule has 0 bridgehead atoms. The monoisotopic (exact) mass is 179 g/mol. The smallest absolute Gasteiger partial charge is 0.0151 e. The van der Waals surface area contributed by atoms with E-state index in [4.69, 9.17) is 0 Å². The second kappa shape index (κ2) is 5.26. The van der Waals surface area contributed by atoms with Crippen LogP contribution in [0.1, 0.15) is 31.7 Å². The van der Waals surface area contributed by atoms with Gasteiger partial charge in [0, 0.05) is 4.90 Å². The maximum atomic E-state index is 4.34. The lowest BCUT2D eigenvalue weighted by Gasteiger charge is -2.02. The van der Waals surface area contributed by atoms with Gasteiger partial charge in [-0.05, 0) is 24.5 Å². The van der Waals surface area contributed by atoms with Crippen molar-refractivity contribution in [2.24, 2.45) is 0 Å². The maximum absolute atomic E-state index is 4.34. The van der Waals surface area contributed by atoms with Gasteiger partial charge in [-0.2, -0.15) is 0 Å². The molecule has 0 aromatic heterocycles. The first-order chi connectivity index (χ1) is 5.84. The third kappa shape index (κ3) is 2.90. The number of rotatable bonds is 4. The molecule has 0 aliphatic carbocycles. The van der Waals surface area contributed by atoms with Gasteiger partial charge in [0.2, 0.25) is 0 Å². The summed E-state index contributed by atoms with van der Waals surface area (Å²) in [4.78, 5) is 1.01. The number of hydrogen-bond donors (Lipinski definition) is 1. The van der Waals surface area contributed by atoms with Crippen LogP contribution in [0, 0.1) is 6.07 Å². The molecule has 1 radical (unpaired) electrons. The molecule has 1 heteroatoms. The Labute approximate surface area is 80.4 Å². The van der Waals surface area contributed by atoms with Crippen molar-refractivity contribution in [2.45, 2.75) is 37.5 Å². The molecule has 0 atom stereocenters. The van der Waals surface area contributed by atoms with Crippen molar-refractivity contribution in [3.05, 3.63) is 29.8 Å². The fraction of sp³-hybridized carbons (Fsp3) is 0.455. The standard InChI is InChI=1S/C11H15S/c1-2-3-4-7-10-8-5-6-9-11(10)12/h5-6,8,12H,2-4,7H2,1H3. The molecule has 1 aromatic carbocycles. The van der Waals surface area contributed by atoms with Gasteiger partial charge in [-0.25, -0.2) is 0 Å². The lowest BCUT2D eigenvalue weighted by Crippen LogP contribution is -1.86. The lowest BCUT2D eigenvalue weighted by molar-refractivity contribution is 0.712. The summed E-state index contributed by atoms with van der Waals surface area (Å²) in [7, 11) is 0. The topological polar surface area (TPSA) is 0 Å². The van der Waals surface area contributed by atoms with Gasteiger partial charge in [-0.3, -0.25) is 0 Å². The molecule has 12 heavy (non-hydrogen) atoms. The minimum absolute atomic E-state index is 1.01. The Balaban J connectivity index is 2.46. The number of aryl methyl sites for hydroxylation is 1. The van der Waals surface area contributed by atoms with Crippen LogP contribution < -0.4 is 0 Å². The summed E-state index contributed by atoms with van der Waals surface area (Å²) < 4.78 is 0. The van der Waals surface area contributed by atoms with Crippen LogP contribution in [-0.2, 0) is 6.42 Å². The SMILES string of the molecule is CCCCCc1ccc[c]c1S. The summed E-state index contributed by atoms with van der Waals surface area (Å²) in [5, 5.41) is 0. The Kier molecular flexibility index (Phi) is 4.23. The first-order valence-electron chi connectivity index (χ1n) is 4.53. The van der Waals surface area contributed by atoms with Crippen molar-refractivity contribution in [3.8, 4) is 0 Å². The van der Waals surface area contributed by atoms with Crippen LogP contribution in [0.25, 0.3) is 0 Å². The average molecular weight is 179 g/mol. The number of thiol groups is 1. The van der Waals surface area contributed by atoms with Crippen LogP contribution in [0.2, 0.25) is 0 Å². The molecule has 0 heterocycles. The highest BCUT2D eigenvalue weighted by Gasteiger charge is 1.96. The van der Waals surface area contributed by atoms with E-state index in [-0.39, 0.29) is 0 Å². The van der Waals surface area contributed by atoms with Crippen LogP contribution in [0.15, 0.2) is 23.1 Å². The van der Waals surface area contributed by atoms with Gasteiger partial charge < -0.3 is 0 Å². The Morgan fingerprint density at radius 2 is 2.25 bits per heavy atom. The van der Waals surface area contributed by atoms with E-state index in [0.29, 0.717) is 0 Å². The molecule has 0 aliphatic rings. The van der Waals surface area contributed by atoms with E-state index in [2.05, 4.69) is 31.7 Å². The number of hydrogen-bond acceptors (Lipinski definition) is 1. The zero-order valence-corrected chi connectivity index (χ0v) is 8.40. The maximum Gasteiger partial charge on any atom is 0.0151 e. The molecule has 0 N–H and O–H groups in total. The summed E-state index contributed by atoms with van der Waals surface area (Å²) >= 11 is 4.34. The van der Waals surface area contributed by atoms with Crippen LogP contribution in [0.5, 0.6) is 0 Å². The van der Waals surface area contributed by atoms with E-state index in [1.54, 1.807) is 0 Å². The fourth-order valence-corrected chi connectivity index (χ4v) is 1.49. The van der Waals surface area contributed by atoms with Crippen LogP contribution in [0.4, 0.5) is 0 Å². The zero-order chi connectivity index (χ0) is 8.81. The molecule has 0 fully saturated rings. The zero-order valence-electron chi connectivity index (χ0n) is 7.51. The van der Waals surface area contributed by atoms with Gasteiger partial charge in [0.05, 0.1) is 0 Å². The molecule has 1 aromatic rings. The van der Waals surface area contributed by atoms with Gasteiger partial charge in [-0.15, -0.1) is 12.6 Å². The van der Waals surface area contributed by atoms with Crippen molar-refractivity contribution in [1.29, 1.82) is 0 Å². The van der Waals surface area contributed by atoms with Crippen molar-refractivity contribution < 1.29 is 0 Å². The van der Waals surface area contributed by atoms with Crippen molar-refractivity contribution in [3.63, 3.8) is 0 Å². The summed E-state index contributed by atoms with van der Waals surface area (Å²) in [6, 6.07) is 9.16. The molecule has 0 aliphatic heterocycles. The molecule has 0 unspecified atom stereocenters. The quantitative estimate of drug-likeness (QED) is 0.530. The molecule has 0 nitrogen and oxygen atoms in total. The molecule has 1 rings (SSSR count). The van der Waals surface area contributed by atoms with Gasteiger partial charge in [0.1, 0.15) is 0 Å². The van der Waals surface area contributed by atoms with E-state index in [9.17, 15) is 0 Å². The molecule has 65 valence electrons. The molecular formula is C11H15S. The Morgan fingerprint density at radius 3 is 2.92 bits per heavy atom. The highest BCUT2D eigenvalue weighted by atomic mass is 32.1. The summed E-state index contributed by atoms with van der Waals surface area (Å²) in [5.41, 5.74) is 1.33. The van der Waals surface area contributed by atoms with Gasteiger partial charge >= 0.3 is 0 Å². The molecule has 0 saturated heterocycles. The van der Waals surface area contributed by atoms with Crippen molar-refractivity contribution in [2.75, 3.05) is 0 Å². The minimum atomic E-state index is 1.01. The summed E-state index contributed by atoms with van der Waals surface area (Å²) in [5.74, 6) is 0. The van der Waals surface area contributed by atoms with E-state index >= 15 is 0 Å². The molecule has 0 saturated carbocycles. The molecule has 0 amide bonds. The third-order valence-corrected chi connectivity index (χ3v) is 2.38. The first-order valence-corrected chi connectivity index (χ1v) is 4.98. The van der Waals surface area contributed by atoms with Gasteiger partial charge in [0.25, 0.3) is 0 Å². The van der Waals surface area contributed by atoms with Crippen LogP contribution in [-0.4, -0.2) is 0 Å². The predicted octanol–water partition coefficient (Wildman–Crippen LogP) is 3.51. The molecular weight excluding hydrogens is 164 g/mol. The largest absolute Gasteiger partial charge is 0.143 e. The minimum Gasteiger partial charge on any atom is -0.143 e. The predicted molar refractivity (Wildman–Crippen MR) is 55.8 cm³/mol. The summed E-state index contributed by atoms with van der Waals surface area (Å²) in [6.07, 6.45) is 4.99. The highest BCUT2D eigenvalue weighted by Crippen LogP contribution is 2.14. The number of benzene rings is 1. The van der Waals surface area contributed by atoms with Crippen LogP contribution >= 0.6 is 12.6 Å². The van der Waals surface area contributed by atoms with E-state index < -0.39 is 0 Å². The van der Waals surface area contributed by atoms with E-state index in [1.165, 1.54) is 24.8 Å². The normalized spacial score (nSPS) is 10.2. The Hall–Kier alpha value is -0.430. The summed E-state index contributed by atoms with van der Waals surface area (Å²) in [6.45, 7) is 2.22. The highest BCUT2D eigenvalue weighted by molar-refractivity contribution is 7.80. The van der Waals surface area contributed by atoms with Crippen molar-refractivity contribution in [1.82, 2.24) is 0 Å². The second-order valence-corrected chi connectivity index (χ2v) is 3.45. The van der Waals surface area contributed by atoms with Crippen molar-refractivity contribution >= 4 is 12.6 Å². The third-order valence-electron chi connectivity index (χ3n) is 1.97. The number of unbranched alkanes of at least 4 members (excludes halogenated alkanes) is 2. The second-order valence-electron chi connectivity index (χ2n) is 3.00. The van der Waals surface area contributed by atoms with E-state index in [1.807, 2.05) is 12.1 Å². The first kappa shape index (κ1) is 9.66. The average Bonchev–Trinajstić information content (AvgIpc) is 2.09. The van der Waals surface area contributed by atoms with Gasteiger partial charge in [-0.1, -0.05) is 38.0 Å². The van der Waals surface area contributed by atoms with E-state index in [0.717, 1.165) is 11.3 Å². The Morgan fingerprint density at radius 1 is 1.42 bits per heavy atom. The molecule has 0 spiro atoms. The van der Waals surface area contributed by atoms with Gasteiger partial charge in [0.15, 0.2) is 0 Å². The van der Waals surface area contributed by atoms with Crippen LogP contribution in [0.3, 0.4) is 0 Å².